The molecule has 1 aliphatic carbocycles. The summed E-state index contributed by atoms with van der Waals surface area (Å²) < 4.78 is 33.1. The topological polar surface area (TPSA) is 41.9 Å². The second-order valence-electron chi connectivity index (χ2n) is 9.74. The predicted molar refractivity (Wildman–Crippen MR) is 145 cm³/mol. The summed E-state index contributed by atoms with van der Waals surface area (Å²) in [5.74, 6) is -0.296. The first-order valence-corrected chi connectivity index (χ1v) is 12.8. The Morgan fingerprint density at radius 1 is 0.921 bits per heavy atom. The van der Waals surface area contributed by atoms with E-state index < -0.39 is 0 Å². The molecule has 0 saturated heterocycles. The third-order valence-corrected chi connectivity index (χ3v) is 7.26. The Labute approximate surface area is 219 Å². The minimum atomic E-state index is -0.352. The molecule has 0 aromatic heterocycles. The summed E-state index contributed by atoms with van der Waals surface area (Å²) in [6.07, 6.45) is 4.63. The molecular formula is C32H26F2N2O2. The fourth-order valence-corrected chi connectivity index (χ4v) is 5.43. The van der Waals surface area contributed by atoms with Gasteiger partial charge < -0.3 is 4.74 Å². The molecule has 1 amide bonds. The van der Waals surface area contributed by atoms with Crippen LogP contribution in [-0.2, 0) is 4.79 Å². The van der Waals surface area contributed by atoms with E-state index in [0.29, 0.717) is 5.75 Å². The van der Waals surface area contributed by atoms with Gasteiger partial charge >= 0.3 is 0 Å². The van der Waals surface area contributed by atoms with Gasteiger partial charge in [-0.15, -0.1) is 0 Å². The Hall–Kier alpha value is -4.32. The third kappa shape index (κ3) is 4.82. The number of amides is 1. The van der Waals surface area contributed by atoms with Crippen molar-refractivity contribution in [2.75, 3.05) is 6.61 Å². The predicted octanol–water partition coefficient (Wildman–Crippen LogP) is 7.32. The maximum absolute atomic E-state index is 13.7. The van der Waals surface area contributed by atoms with Crippen LogP contribution < -0.4 is 4.74 Å². The SMILES string of the molecule is O=C(COc1ccc2ccccc2c1)N1N=C2/C(=C/c3ccc(F)cc3)CCC[C@@H]2[C@H]1c1ccc(F)cc1. The van der Waals surface area contributed by atoms with Crippen LogP contribution in [0.4, 0.5) is 8.78 Å². The first-order valence-electron chi connectivity index (χ1n) is 12.8. The summed E-state index contributed by atoms with van der Waals surface area (Å²) >= 11 is 0. The van der Waals surface area contributed by atoms with Crippen LogP contribution in [0, 0.1) is 17.6 Å². The number of ether oxygens (including phenoxy) is 1. The van der Waals surface area contributed by atoms with Crippen LogP contribution in [0.1, 0.15) is 36.4 Å². The van der Waals surface area contributed by atoms with E-state index in [2.05, 4.69) is 0 Å². The van der Waals surface area contributed by atoms with Crippen LogP contribution in [-0.4, -0.2) is 23.2 Å². The molecule has 6 heteroatoms. The van der Waals surface area contributed by atoms with Gasteiger partial charge in [-0.05, 0) is 89.2 Å². The van der Waals surface area contributed by atoms with E-state index >= 15 is 0 Å². The zero-order valence-corrected chi connectivity index (χ0v) is 20.7. The van der Waals surface area contributed by atoms with Crippen molar-refractivity contribution in [2.24, 2.45) is 11.0 Å². The summed E-state index contributed by atoms with van der Waals surface area (Å²) in [5, 5.41) is 8.47. The number of hydrazone groups is 1. The number of fused-ring (bicyclic) bond motifs is 2. The molecule has 4 aromatic carbocycles. The van der Waals surface area contributed by atoms with Crippen molar-refractivity contribution < 1.29 is 18.3 Å². The van der Waals surface area contributed by atoms with E-state index in [1.807, 2.05) is 48.5 Å². The van der Waals surface area contributed by atoms with Gasteiger partial charge in [-0.25, -0.2) is 13.8 Å². The summed E-state index contributed by atoms with van der Waals surface area (Å²) in [6, 6.07) is 26.0. The Kier molecular flexibility index (Phi) is 6.46. The molecule has 1 aliphatic heterocycles. The van der Waals surface area contributed by atoms with Crippen LogP contribution in [0.3, 0.4) is 0 Å². The second-order valence-corrected chi connectivity index (χ2v) is 9.74. The smallest absolute Gasteiger partial charge is 0.281 e. The number of halogens is 2. The van der Waals surface area contributed by atoms with E-state index in [0.717, 1.165) is 52.4 Å². The molecular weight excluding hydrogens is 482 g/mol. The van der Waals surface area contributed by atoms with Crippen molar-refractivity contribution >= 4 is 28.5 Å². The summed E-state index contributed by atoms with van der Waals surface area (Å²) in [6.45, 7) is -0.170. The molecule has 0 unspecified atom stereocenters. The Balaban J connectivity index is 1.30. The highest BCUT2D eigenvalue weighted by Gasteiger charge is 2.43. The third-order valence-electron chi connectivity index (χ3n) is 7.26. The molecule has 0 bridgehead atoms. The number of allylic oxidation sites excluding steroid dienone is 1. The van der Waals surface area contributed by atoms with Crippen LogP contribution in [0.2, 0.25) is 0 Å². The van der Waals surface area contributed by atoms with Gasteiger partial charge in [0.1, 0.15) is 17.4 Å². The lowest BCUT2D eigenvalue weighted by atomic mass is 9.77. The second kappa shape index (κ2) is 10.2. The van der Waals surface area contributed by atoms with Gasteiger partial charge in [0.05, 0.1) is 11.8 Å². The molecule has 0 spiro atoms. The maximum Gasteiger partial charge on any atom is 0.281 e. The zero-order valence-electron chi connectivity index (χ0n) is 20.7. The van der Waals surface area contributed by atoms with Crippen LogP contribution in [0.5, 0.6) is 5.75 Å². The van der Waals surface area contributed by atoms with Crippen molar-refractivity contribution in [3.05, 3.63) is 119 Å². The van der Waals surface area contributed by atoms with E-state index in [-0.39, 0.29) is 36.1 Å². The average molecular weight is 509 g/mol. The number of hydrogen-bond acceptors (Lipinski definition) is 3. The minimum absolute atomic E-state index is 0.0227. The van der Waals surface area contributed by atoms with Gasteiger partial charge in [-0.2, -0.15) is 5.10 Å². The average Bonchev–Trinajstić information content (AvgIpc) is 3.34. The van der Waals surface area contributed by atoms with E-state index in [1.165, 1.54) is 29.3 Å². The largest absolute Gasteiger partial charge is 0.484 e. The van der Waals surface area contributed by atoms with Crippen LogP contribution in [0.15, 0.2) is 102 Å². The van der Waals surface area contributed by atoms with Gasteiger partial charge in [0.15, 0.2) is 6.61 Å². The highest BCUT2D eigenvalue weighted by atomic mass is 19.1. The molecule has 38 heavy (non-hydrogen) atoms. The van der Waals surface area contributed by atoms with Crippen LogP contribution >= 0.6 is 0 Å². The van der Waals surface area contributed by atoms with Crippen molar-refractivity contribution in [2.45, 2.75) is 25.3 Å². The van der Waals surface area contributed by atoms with E-state index in [9.17, 15) is 13.6 Å². The molecule has 0 N–H and O–H groups in total. The van der Waals surface area contributed by atoms with Crippen molar-refractivity contribution in [3.63, 3.8) is 0 Å². The molecule has 2 atom stereocenters. The quantitative estimate of drug-likeness (QED) is 0.283. The molecule has 190 valence electrons. The number of carbonyl (C=O) groups excluding carboxylic acids is 1. The molecule has 1 fully saturated rings. The normalized spacial score (nSPS) is 19.9. The zero-order chi connectivity index (χ0) is 26.1. The molecule has 0 radical (unpaired) electrons. The lowest BCUT2D eigenvalue weighted by molar-refractivity contribution is -0.135. The lowest BCUT2D eigenvalue weighted by Crippen LogP contribution is -2.34. The van der Waals surface area contributed by atoms with Gasteiger partial charge in [-0.3, -0.25) is 4.79 Å². The van der Waals surface area contributed by atoms with Gasteiger partial charge in [0.2, 0.25) is 0 Å². The van der Waals surface area contributed by atoms with Crippen molar-refractivity contribution in [1.29, 1.82) is 0 Å². The van der Waals surface area contributed by atoms with Gasteiger partial charge in [0.25, 0.3) is 5.91 Å². The minimum Gasteiger partial charge on any atom is -0.484 e. The monoisotopic (exact) mass is 508 g/mol. The standard InChI is InChI=1S/C32H26F2N2O2/c33-26-13-8-21(9-14-26)18-25-6-3-7-29-31(25)35-36(32(29)23-10-15-27(34)16-11-23)30(37)20-38-28-17-12-22-4-1-2-5-24(22)19-28/h1-2,4-5,8-19,29,32H,3,6-7,20H2/b25-18+/t29-,32+/m0/s1. The number of nitrogens with zero attached hydrogens (tertiary/aromatic N) is 2. The number of hydrogen-bond donors (Lipinski definition) is 0. The summed E-state index contributed by atoms with van der Waals surface area (Å²) in [5.41, 5.74) is 3.60. The van der Waals surface area contributed by atoms with E-state index in [4.69, 9.17) is 9.84 Å². The molecule has 1 saturated carbocycles. The highest BCUT2D eigenvalue weighted by Crippen LogP contribution is 2.44. The highest BCUT2D eigenvalue weighted by molar-refractivity contribution is 6.08. The summed E-state index contributed by atoms with van der Waals surface area (Å²) in [7, 11) is 0. The maximum atomic E-state index is 13.7. The molecule has 4 nitrogen and oxygen atoms in total. The Morgan fingerprint density at radius 2 is 1.63 bits per heavy atom. The number of carbonyl (C=O) groups is 1. The fraction of sp³-hybridized carbons (Fsp3) is 0.188. The Morgan fingerprint density at radius 3 is 2.39 bits per heavy atom. The number of rotatable bonds is 5. The van der Waals surface area contributed by atoms with Gasteiger partial charge in [-0.1, -0.05) is 54.6 Å². The number of benzene rings is 4. The molecule has 6 rings (SSSR count). The van der Waals surface area contributed by atoms with Crippen molar-refractivity contribution in [1.82, 2.24) is 5.01 Å². The summed E-state index contributed by atoms with van der Waals surface area (Å²) in [4.78, 5) is 13.5. The molecule has 4 aromatic rings. The molecule has 1 heterocycles. The van der Waals surface area contributed by atoms with Gasteiger partial charge in [0, 0.05) is 5.92 Å². The van der Waals surface area contributed by atoms with Crippen molar-refractivity contribution in [3.8, 4) is 5.75 Å². The van der Waals surface area contributed by atoms with Crippen LogP contribution in [0.25, 0.3) is 16.8 Å². The first kappa shape index (κ1) is 24.0. The fourth-order valence-electron chi connectivity index (χ4n) is 5.43. The Bertz CT molecular complexity index is 1540. The van der Waals surface area contributed by atoms with E-state index in [1.54, 1.807) is 24.3 Å². The lowest BCUT2D eigenvalue weighted by Gasteiger charge is -2.29. The molecule has 2 aliphatic rings. The first-order chi connectivity index (χ1) is 18.5.